The minimum atomic E-state index is 0.0420. The van der Waals surface area contributed by atoms with E-state index in [2.05, 4.69) is 46.5 Å². The maximum Gasteiger partial charge on any atom is 0.123 e. The number of hydrazine groups is 1. The summed E-state index contributed by atoms with van der Waals surface area (Å²) in [5.41, 5.74) is 5.18. The summed E-state index contributed by atoms with van der Waals surface area (Å²) in [6.45, 7) is 2.07. The van der Waals surface area contributed by atoms with E-state index in [9.17, 15) is 0 Å². The number of aryl methyl sites for hydroxylation is 1. The molecular weight excluding hydrogens is 324 g/mol. The van der Waals surface area contributed by atoms with E-state index in [0.29, 0.717) is 0 Å². The molecule has 0 aliphatic carbocycles. The van der Waals surface area contributed by atoms with Crippen LogP contribution in [0.25, 0.3) is 0 Å². The molecule has 5 heteroatoms. The molecule has 1 heterocycles. The van der Waals surface area contributed by atoms with Crippen LogP contribution in [-0.4, -0.2) is 7.11 Å². The first-order valence-electron chi connectivity index (χ1n) is 5.99. The van der Waals surface area contributed by atoms with Gasteiger partial charge in [-0.05, 0) is 41.1 Å². The molecule has 0 aliphatic heterocycles. The van der Waals surface area contributed by atoms with Gasteiger partial charge in [0.1, 0.15) is 5.75 Å². The summed E-state index contributed by atoms with van der Waals surface area (Å²) in [6, 6.07) is 10.4. The number of rotatable bonds is 5. The van der Waals surface area contributed by atoms with Gasteiger partial charge in [0, 0.05) is 16.9 Å². The standard InChI is InChI=1S/C14H17BrN2OS/c1-9-3-5-13(18-2)11(7-9)12(17-16)8-10-4-6-14(15)19-10/h3-7,12,17H,8,16H2,1-2H3. The van der Waals surface area contributed by atoms with Gasteiger partial charge in [-0.3, -0.25) is 11.3 Å². The topological polar surface area (TPSA) is 47.3 Å². The molecule has 0 fully saturated rings. The van der Waals surface area contributed by atoms with Gasteiger partial charge in [-0.2, -0.15) is 0 Å². The van der Waals surface area contributed by atoms with Gasteiger partial charge in [0.25, 0.3) is 0 Å². The van der Waals surface area contributed by atoms with Gasteiger partial charge in [0.15, 0.2) is 0 Å². The van der Waals surface area contributed by atoms with Crippen molar-refractivity contribution in [3.63, 3.8) is 0 Å². The van der Waals surface area contributed by atoms with Crippen LogP contribution >= 0.6 is 27.3 Å². The lowest BCUT2D eigenvalue weighted by molar-refractivity contribution is 0.399. The van der Waals surface area contributed by atoms with E-state index in [1.165, 1.54) is 10.4 Å². The quantitative estimate of drug-likeness (QED) is 0.646. The smallest absolute Gasteiger partial charge is 0.123 e. The van der Waals surface area contributed by atoms with Crippen LogP contribution in [0.2, 0.25) is 0 Å². The van der Waals surface area contributed by atoms with Crippen molar-refractivity contribution in [2.75, 3.05) is 7.11 Å². The highest BCUT2D eigenvalue weighted by atomic mass is 79.9. The normalized spacial score (nSPS) is 12.4. The molecule has 0 amide bonds. The summed E-state index contributed by atoms with van der Waals surface area (Å²) in [6.07, 6.45) is 0.840. The van der Waals surface area contributed by atoms with Crippen molar-refractivity contribution in [3.8, 4) is 5.75 Å². The van der Waals surface area contributed by atoms with E-state index in [1.807, 2.05) is 12.1 Å². The number of hydrogen-bond acceptors (Lipinski definition) is 4. The van der Waals surface area contributed by atoms with Gasteiger partial charge in [-0.15, -0.1) is 11.3 Å². The average Bonchev–Trinajstić information content (AvgIpc) is 2.81. The van der Waals surface area contributed by atoms with Crippen LogP contribution in [0.15, 0.2) is 34.1 Å². The number of thiophene rings is 1. The summed E-state index contributed by atoms with van der Waals surface area (Å²) in [4.78, 5) is 1.28. The molecule has 1 aromatic heterocycles. The lowest BCUT2D eigenvalue weighted by Gasteiger charge is -2.19. The maximum absolute atomic E-state index is 5.72. The molecule has 0 spiro atoms. The molecular formula is C14H17BrN2OS. The van der Waals surface area contributed by atoms with E-state index in [0.717, 1.165) is 21.5 Å². The summed E-state index contributed by atoms with van der Waals surface area (Å²) < 4.78 is 6.56. The predicted octanol–water partition coefficient (Wildman–Crippen LogP) is 3.57. The lowest BCUT2D eigenvalue weighted by atomic mass is 10.0. The van der Waals surface area contributed by atoms with Gasteiger partial charge < -0.3 is 4.74 Å². The molecule has 2 aromatic rings. The fourth-order valence-electron chi connectivity index (χ4n) is 2.05. The summed E-state index contributed by atoms with van der Waals surface area (Å²) >= 11 is 5.21. The number of halogens is 1. The molecule has 0 saturated heterocycles. The molecule has 3 N–H and O–H groups in total. The Morgan fingerprint density at radius 3 is 2.74 bits per heavy atom. The zero-order valence-electron chi connectivity index (χ0n) is 10.9. The third-order valence-corrected chi connectivity index (χ3v) is 4.64. The van der Waals surface area contributed by atoms with E-state index in [-0.39, 0.29) is 6.04 Å². The first kappa shape index (κ1) is 14.5. The number of hydrogen-bond donors (Lipinski definition) is 2. The second kappa shape index (κ2) is 6.52. The van der Waals surface area contributed by atoms with Gasteiger partial charge in [-0.1, -0.05) is 17.7 Å². The Balaban J connectivity index is 2.28. The molecule has 19 heavy (non-hydrogen) atoms. The van der Waals surface area contributed by atoms with Gasteiger partial charge in [0.05, 0.1) is 16.9 Å². The van der Waals surface area contributed by atoms with Crippen LogP contribution in [0.3, 0.4) is 0 Å². The molecule has 0 bridgehead atoms. The lowest BCUT2D eigenvalue weighted by Crippen LogP contribution is -2.29. The Morgan fingerprint density at radius 1 is 1.37 bits per heavy atom. The van der Waals surface area contributed by atoms with Gasteiger partial charge in [0.2, 0.25) is 0 Å². The van der Waals surface area contributed by atoms with Gasteiger partial charge in [-0.25, -0.2) is 0 Å². The number of nitrogens with two attached hydrogens (primary N) is 1. The average molecular weight is 341 g/mol. The molecule has 102 valence electrons. The monoisotopic (exact) mass is 340 g/mol. The molecule has 3 nitrogen and oxygen atoms in total. The second-order valence-corrected chi connectivity index (χ2v) is 6.92. The molecule has 1 atom stereocenters. The van der Waals surface area contributed by atoms with E-state index < -0.39 is 0 Å². The largest absolute Gasteiger partial charge is 0.496 e. The zero-order valence-corrected chi connectivity index (χ0v) is 13.3. The zero-order chi connectivity index (χ0) is 13.8. The fourth-order valence-corrected chi connectivity index (χ4v) is 3.58. The van der Waals surface area contributed by atoms with Crippen LogP contribution in [-0.2, 0) is 6.42 Å². The summed E-state index contributed by atoms with van der Waals surface area (Å²) in [7, 11) is 1.68. The highest BCUT2D eigenvalue weighted by Gasteiger charge is 2.16. The SMILES string of the molecule is COc1ccc(C)cc1C(Cc1ccc(Br)s1)NN. The van der Waals surface area contributed by atoms with Crippen molar-refractivity contribution in [1.82, 2.24) is 5.43 Å². The van der Waals surface area contributed by atoms with Crippen molar-refractivity contribution in [2.24, 2.45) is 5.84 Å². The Kier molecular flexibility index (Phi) is 4.99. The second-order valence-electron chi connectivity index (χ2n) is 4.37. The number of ether oxygens (including phenoxy) is 1. The maximum atomic E-state index is 5.72. The number of methoxy groups -OCH3 is 1. The highest BCUT2D eigenvalue weighted by molar-refractivity contribution is 9.11. The van der Waals surface area contributed by atoms with Crippen LogP contribution in [0.1, 0.15) is 22.0 Å². The third kappa shape index (κ3) is 3.57. The van der Waals surface area contributed by atoms with E-state index in [1.54, 1.807) is 18.4 Å². The fraction of sp³-hybridized carbons (Fsp3) is 0.286. The van der Waals surface area contributed by atoms with Crippen LogP contribution in [0.5, 0.6) is 5.75 Å². The van der Waals surface area contributed by atoms with Crippen molar-refractivity contribution >= 4 is 27.3 Å². The molecule has 1 unspecified atom stereocenters. The van der Waals surface area contributed by atoms with E-state index >= 15 is 0 Å². The van der Waals surface area contributed by atoms with Crippen LogP contribution < -0.4 is 16.0 Å². The van der Waals surface area contributed by atoms with Crippen molar-refractivity contribution in [2.45, 2.75) is 19.4 Å². The number of benzene rings is 1. The molecule has 0 saturated carbocycles. The molecule has 0 aliphatic rings. The summed E-state index contributed by atoms with van der Waals surface area (Å²) in [5, 5.41) is 0. The molecule has 0 radical (unpaired) electrons. The van der Waals surface area contributed by atoms with Gasteiger partial charge >= 0.3 is 0 Å². The van der Waals surface area contributed by atoms with Crippen molar-refractivity contribution in [3.05, 3.63) is 50.1 Å². The van der Waals surface area contributed by atoms with Crippen LogP contribution in [0, 0.1) is 6.92 Å². The Bertz CT molecular complexity index is 556. The van der Waals surface area contributed by atoms with E-state index in [4.69, 9.17) is 10.6 Å². The Labute approximate surface area is 125 Å². The predicted molar refractivity (Wildman–Crippen MR) is 83.5 cm³/mol. The molecule has 2 rings (SSSR count). The minimum Gasteiger partial charge on any atom is -0.496 e. The first-order chi connectivity index (χ1) is 9.13. The minimum absolute atomic E-state index is 0.0420. The van der Waals surface area contributed by atoms with Crippen molar-refractivity contribution in [1.29, 1.82) is 0 Å². The van der Waals surface area contributed by atoms with Crippen LogP contribution in [0.4, 0.5) is 0 Å². The first-order valence-corrected chi connectivity index (χ1v) is 7.60. The third-order valence-electron chi connectivity index (χ3n) is 3.00. The van der Waals surface area contributed by atoms with Crippen molar-refractivity contribution < 1.29 is 4.74 Å². The molecule has 1 aromatic carbocycles. The Hall–Kier alpha value is -0.880. The Morgan fingerprint density at radius 2 is 2.16 bits per heavy atom. The number of nitrogens with one attached hydrogen (secondary N) is 1. The highest BCUT2D eigenvalue weighted by Crippen LogP contribution is 2.31. The summed E-state index contributed by atoms with van der Waals surface area (Å²) in [5.74, 6) is 6.59.